The monoisotopic (exact) mass is 652 g/mol. The third kappa shape index (κ3) is 8.17. The quantitative estimate of drug-likeness (QED) is 0.265. The summed E-state index contributed by atoms with van der Waals surface area (Å²) < 4.78 is 12.4. The van der Waals surface area contributed by atoms with Gasteiger partial charge in [0.05, 0.1) is 44.1 Å². The topological polar surface area (TPSA) is 115 Å². The molecule has 2 aromatic carbocycles. The Morgan fingerprint density at radius 3 is 2.73 bits per heavy atom. The van der Waals surface area contributed by atoms with Crippen LogP contribution in [0.3, 0.4) is 0 Å². The van der Waals surface area contributed by atoms with Crippen molar-refractivity contribution in [3.63, 3.8) is 0 Å². The molecule has 1 aromatic heterocycles. The molecule has 45 heavy (non-hydrogen) atoms. The van der Waals surface area contributed by atoms with Crippen LogP contribution in [-0.4, -0.2) is 84.1 Å². The van der Waals surface area contributed by atoms with Gasteiger partial charge in [-0.25, -0.2) is 4.79 Å². The number of rotatable bonds is 9. The van der Waals surface area contributed by atoms with Crippen LogP contribution in [0, 0.1) is 11.8 Å². The Morgan fingerprint density at radius 2 is 1.96 bits per heavy atom. The highest BCUT2D eigenvalue weighted by Gasteiger charge is 2.27. The minimum Gasteiger partial charge on any atom is -0.468 e. The number of nitrogens with two attached hydrogens (primary N) is 1. The zero-order chi connectivity index (χ0) is 31.9. The second kappa shape index (κ2) is 15.1. The number of carbonyl (C=O) groups excluding carboxylic acids is 2. The number of nitrogens with one attached hydrogen (secondary N) is 1. The van der Waals surface area contributed by atoms with Crippen molar-refractivity contribution in [1.29, 1.82) is 0 Å². The van der Waals surface area contributed by atoms with Crippen molar-refractivity contribution in [3.05, 3.63) is 74.4 Å². The number of halogens is 2. The van der Waals surface area contributed by atoms with Crippen molar-refractivity contribution < 1.29 is 19.1 Å². The van der Waals surface area contributed by atoms with Gasteiger partial charge in [-0.2, -0.15) is 5.10 Å². The summed E-state index contributed by atoms with van der Waals surface area (Å²) in [6.07, 6.45) is 1.64. The van der Waals surface area contributed by atoms with E-state index in [0.29, 0.717) is 47.7 Å². The number of primary amides is 1. The summed E-state index contributed by atoms with van der Waals surface area (Å²) in [6.45, 7) is 7.85. The fraction of sp³-hybridized carbons (Fsp3) is 0.424. The number of aryl methyl sites for hydroxylation is 1. The molecule has 0 bridgehead atoms. The third-order valence-electron chi connectivity index (χ3n) is 8.21. The number of amides is 2. The Kier molecular flexibility index (Phi) is 11.0. The molecular formula is C33H38Cl2N6O4. The molecule has 2 amide bonds. The van der Waals surface area contributed by atoms with Crippen LogP contribution in [0.15, 0.2) is 36.4 Å². The highest BCUT2D eigenvalue weighted by Crippen LogP contribution is 2.32. The average molecular weight is 654 g/mol. The van der Waals surface area contributed by atoms with Gasteiger partial charge < -0.3 is 25.4 Å². The first kappa shape index (κ1) is 32.8. The van der Waals surface area contributed by atoms with Gasteiger partial charge in [-0.1, -0.05) is 41.1 Å². The van der Waals surface area contributed by atoms with Gasteiger partial charge in [0.15, 0.2) is 0 Å². The molecule has 0 spiro atoms. The molecule has 2 aliphatic rings. The van der Waals surface area contributed by atoms with Crippen LogP contribution < -0.4 is 11.1 Å². The highest BCUT2D eigenvalue weighted by molar-refractivity contribution is 6.32. The van der Waals surface area contributed by atoms with Crippen molar-refractivity contribution in [3.8, 4) is 23.1 Å². The van der Waals surface area contributed by atoms with Crippen LogP contribution >= 0.6 is 23.2 Å². The molecule has 3 aromatic rings. The van der Waals surface area contributed by atoms with Gasteiger partial charge in [-0.05, 0) is 49.2 Å². The van der Waals surface area contributed by atoms with Gasteiger partial charge in [-0.3, -0.25) is 14.4 Å². The average Bonchev–Trinajstić information content (AvgIpc) is 3.40. The fourth-order valence-corrected chi connectivity index (χ4v) is 6.03. The van der Waals surface area contributed by atoms with Crippen molar-refractivity contribution in [2.75, 3.05) is 46.5 Å². The maximum Gasteiger partial charge on any atom is 0.319 e. The first-order valence-corrected chi connectivity index (χ1v) is 15.8. The standard InChI is InChI=1S/C33H38Cl2N6O4/c1-22-21-45-15-14-39(22)11-3-12-41-30-10-13-40(33(36)43)20-27(30)32(38-41)25-7-9-28(34)24(17-25)6-4-23-5-8-29(35)26(16-23)18-37-19-31(42)44-2/h5,7-9,16-17,22,37H,3,10-15,18-21H2,1-2H3,(H2,36,43). The summed E-state index contributed by atoms with van der Waals surface area (Å²) in [5, 5.41) is 9.18. The molecule has 0 saturated carbocycles. The fourth-order valence-electron chi connectivity index (χ4n) is 5.68. The van der Waals surface area contributed by atoms with Crippen LogP contribution in [-0.2, 0) is 40.3 Å². The lowest BCUT2D eigenvalue weighted by Gasteiger charge is -2.33. The lowest BCUT2D eigenvalue weighted by Crippen LogP contribution is -2.44. The molecule has 1 fully saturated rings. The molecule has 0 radical (unpaired) electrons. The van der Waals surface area contributed by atoms with E-state index in [0.717, 1.165) is 72.9 Å². The Labute approximate surface area is 273 Å². The second-order valence-corrected chi connectivity index (χ2v) is 12.1. The third-order valence-corrected chi connectivity index (χ3v) is 8.90. The van der Waals surface area contributed by atoms with E-state index in [4.69, 9.17) is 38.8 Å². The largest absolute Gasteiger partial charge is 0.468 e. The Bertz CT molecular complexity index is 1610. The van der Waals surface area contributed by atoms with Gasteiger partial charge in [-0.15, -0.1) is 0 Å². The summed E-state index contributed by atoms with van der Waals surface area (Å²) in [4.78, 5) is 27.6. The molecule has 0 aliphatic carbocycles. The smallest absolute Gasteiger partial charge is 0.319 e. The Hall–Kier alpha value is -3.59. The van der Waals surface area contributed by atoms with Crippen LogP contribution in [0.25, 0.3) is 11.3 Å². The molecule has 12 heteroatoms. The number of aromatic nitrogens is 2. The molecule has 1 unspecified atom stereocenters. The number of hydrogen-bond acceptors (Lipinski definition) is 7. The number of ether oxygens (including phenoxy) is 2. The van der Waals surface area contributed by atoms with E-state index in [1.165, 1.54) is 7.11 Å². The van der Waals surface area contributed by atoms with Crippen LogP contribution in [0.1, 0.15) is 41.3 Å². The van der Waals surface area contributed by atoms with Gasteiger partial charge in [0, 0.05) is 78.2 Å². The number of hydrogen-bond donors (Lipinski definition) is 2. The highest BCUT2D eigenvalue weighted by atomic mass is 35.5. The number of fused-ring (bicyclic) bond motifs is 1. The number of nitrogens with zero attached hydrogens (tertiary/aromatic N) is 4. The van der Waals surface area contributed by atoms with Crippen molar-refractivity contribution in [1.82, 2.24) is 24.9 Å². The molecule has 3 N–H and O–H groups in total. The Morgan fingerprint density at radius 1 is 1.13 bits per heavy atom. The summed E-state index contributed by atoms with van der Waals surface area (Å²) in [7, 11) is 1.34. The predicted molar refractivity (Wildman–Crippen MR) is 174 cm³/mol. The molecular weight excluding hydrogens is 615 g/mol. The molecule has 3 heterocycles. The SMILES string of the molecule is COC(=O)CNCc1cc(C#Cc2cc(-c3nn(CCCN4CCOCC4C)c4c3CN(C(N)=O)CC4)ccc2Cl)ccc1Cl. The van der Waals surface area contributed by atoms with Crippen LogP contribution in [0.4, 0.5) is 4.79 Å². The summed E-state index contributed by atoms with van der Waals surface area (Å²) in [6, 6.07) is 11.2. The maximum absolute atomic E-state index is 12.1. The minimum atomic E-state index is -0.439. The second-order valence-electron chi connectivity index (χ2n) is 11.3. The van der Waals surface area contributed by atoms with E-state index < -0.39 is 6.03 Å². The molecule has 238 valence electrons. The molecule has 1 saturated heterocycles. The summed E-state index contributed by atoms with van der Waals surface area (Å²) >= 11 is 13.0. The van der Waals surface area contributed by atoms with Crippen molar-refractivity contribution in [2.45, 2.75) is 45.4 Å². The molecule has 5 rings (SSSR count). The number of benzene rings is 2. The van der Waals surface area contributed by atoms with E-state index in [1.54, 1.807) is 11.0 Å². The number of urea groups is 1. The maximum atomic E-state index is 12.1. The van der Waals surface area contributed by atoms with E-state index >= 15 is 0 Å². The number of morpholine rings is 1. The van der Waals surface area contributed by atoms with Crippen molar-refractivity contribution >= 4 is 35.2 Å². The van der Waals surface area contributed by atoms with Gasteiger partial charge in [0.25, 0.3) is 0 Å². The normalized spacial score (nSPS) is 16.5. The van der Waals surface area contributed by atoms with Gasteiger partial charge in [0.1, 0.15) is 0 Å². The first-order chi connectivity index (χ1) is 21.7. The van der Waals surface area contributed by atoms with E-state index in [9.17, 15) is 9.59 Å². The number of carbonyl (C=O) groups is 2. The lowest BCUT2D eigenvalue weighted by molar-refractivity contribution is -0.139. The zero-order valence-electron chi connectivity index (χ0n) is 25.6. The van der Waals surface area contributed by atoms with E-state index in [1.807, 2.05) is 30.3 Å². The van der Waals surface area contributed by atoms with Crippen molar-refractivity contribution in [2.24, 2.45) is 5.73 Å². The molecule has 10 nitrogen and oxygen atoms in total. The molecule has 1 atom stereocenters. The Balaban J connectivity index is 1.38. The van der Waals surface area contributed by atoms with Crippen LogP contribution in [0.5, 0.6) is 0 Å². The molecule has 2 aliphatic heterocycles. The van der Waals surface area contributed by atoms with Gasteiger partial charge in [0.2, 0.25) is 0 Å². The minimum absolute atomic E-state index is 0.0783. The first-order valence-electron chi connectivity index (χ1n) is 15.1. The zero-order valence-corrected chi connectivity index (χ0v) is 27.1. The summed E-state index contributed by atoms with van der Waals surface area (Å²) in [5.41, 5.74) is 11.7. The lowest BCUT2D eigenvalue weighted by atomic mass is 9.99. The number of methoxy groups -OCH3 is 1. The van der Waals surface area contributed by atoms with Gasteiger partial charge >= 0.3 is 12.0 Å². The summed E-state index contributed by atoms with van der Waals surface area (Å²) in [5.74, 6) is 6.04. The predicted octanol–water partition coefficient (Wildman–Crippen LogP) is 4.07. The van der Waals surface area contributed by atoms with E-state index in [-0.39, 0.29) is 12.5 Å². The van der Waals surface area contributed by atoms with E-state index in [2.05, 4.69) is 38.4 Å². The number of esters is 1. The van der Waals surface area contributed by atoms with Crippen LogP contribution in [0.2, 0.25) is 10.0 Å².